The first-order valence-electron chi connectivity index (χ1n) is 8.59. The van der Waals surface area contributed by atoms with Gasteiger partial charge < -0.3 is 10.2 Å². The van der Waals surface area contributed by atoms with E-state index in [9.17, 15) is 8.42 Å². The number of hydrogen-bond donors (Lipinski definition) is 1. The normalized spacial score (nSPS) is 19.3. The molecule has 2 aromatic rings. The van der Waals surface area contributed by atoms with Crippen molar-refractivity contribution in [1.29, 1.82) is 0 Å². The van der Waals surface area contributed by atoms with Crippen molar-refractivity contribution >= 4 is 15.8 Å². The summed E-state index contributed by atoms with van der Waals surface area (Å²) in [4.78, 5) is 6.32. The van der Waals surface area contributed by atoms with Gasteiger partial charge in [0.15, 0.2) is 15.8 Å². The number of rotatable bonds is 3. The third-order valence-corrected chi connectivity index (χ3v) is 7.20. The van der Waals surface area contributed by atoms with E-state index < -0.39 is 14.6 Å². The van der Waals surface area contributed by atoms with Gasteiger partial charge in [0, 0.05) is 38.4 Å². The maximum Gasteiger partial charge on any atom is 0.193 e. The van der Waals surface area contributed by atoms with E-state index in [1.54, 1.807) is 20.9 Å². The minimum Gasteiger partial charge on any atom is -0.352 e. The molecule has 1 saturated heterocycles. The number of para-hydroxylation sites is 1. The molecular formula is C18H25N5O2S. The highest BCUT2D eigenvalue weighted by atomic mass is 32.2. The van der Waals surface area contributed by atoms with Crippen molar-refractivity contribution in [3.63, 3.8) is 0 Å². The first kappa shape index (κ1) is 18.4. The van der Waals surface area contributed by atoms with E-state index in [1.807, 2.05) is 52.3 Å². The molecule has 1 N–H and O–H groups in total. The van der Waals surface area contributed by atoms with E-state index in [0.717, 1.165) is 11.3 Å². The first-order chi connectivity index (χ1) is 12.3. The zero-order chi connectivity index (χ0) is 18.8. The molecule has 3 rings (SSSR count). The number of aliphatic imine (C=N–C) groups is 1. The van der Waals surface area contributed by atoms with Crippen molar-refractivity contribution in [3.8, 4) is 5.69 Å². The zero-order valence-electron chi connectivity index (χ0n) is 15.4. The molecule has 8 heteroatoms. The fraction of sp³-hybridized carbons (Fsp3) is 0.444. The largest absolute Gasteiger partial charge is 0.352 e. The Hall–Kier alpha value is -2.35. The zero-order valence-corrected chi connectivity index (χ0v) is 16.2. The standard InChI is InChI=1S/C18H25N5O2S/c1-18(2)14-22(9-10-26(18,24)25)17(19-3)20-11-15-12-21-23(13-15)16-7-5-4-6-8-16/h4-8,12-13H,9-11,14H2,1-3H3,(H,19,20). The van der Waals surface area contributed by atoms with Gasteiger partial charge in [0.05, 0.1) is 22.4 Å². The number of nitrogens with zero attached hydrogens (tertiary/aromatic N) is 4. The summed E-state index contributed by atoms with van der Waals surface area (Å²) in [7, 11) is -1.35. The lowest BCUT2D eigenvalue weighted by molar-refractivity contribution is 0.353. The van der Waals surface area contributed by atoms with E-state index in [1.165, 1.54) is 0 Å². The Morgan fingerprint density at radius 3 is 2.69 bits per heavy atom. The molecule has 0 bridgehead atoms. The number of aromatic nitrogens is 2. The van der Waals surface area contributed by atoms with Gasteiger partial charge in [-0.1, -0.05) is 18.2 Å². The first-order valence-corrected chi connectivity index (χ1v) is 10.2. The van der Waals surface area contributed by atoms with Crippen molar-refractivity contribution in [3.05, 3.63) is 48.3 Å². The summed E-state index contributed by atoms with van der Waals surface area (Å²) >= 11 is 0. The third kappa shape index (κ3) is 3.75. The quantitative estimate of drug-likeness (QED) is 0.649. The van der Waals surface area contributed by atoms with Crippen molar-refractivity contribution in [1.82, 2.24) is 20.0 Å². The van der Waals surface area contributed by atoms with Crippen LogP contribution < -0.4 is 5.32 Å². The van der Waals surface area contributed by atoms with Gasteiger partial charge in [-0.05, 0) is 26.0 Å². The summed E-state index contributed by atoms with van der Waals surface area (Å²) in [5, 5.41) is 7.70. The van der Waals surface area contributed by atoms with Crippen LogP contribution in [0.3, 0.4) is 0 Å². The predicted octanol–water partition coefficient (Wildman–Crippen LogP) is 1.46. The lowest BCUT2D eigenvalue weighted by Crippen LogP contribution is -2.57. The van der Waals surface area contributed by atoms with Crippen LogP contribution in [0, 0.1) is 0 Å². The molecule has 1 aliphatic heterocycles. The third-order valence-electron chi connectivity index (χ3n) is 4.66. The van der Waals surface area contributed by atoms with Gasteiger partial charge >= 0.3 is 0 Å². The Kier molecular flexibility index (Phi) is 5.04. The molecule has 0 radical (unpaired) electrons. The number of guanidine groups is 1. The second-order valence-corrected chi connectivity index (χ2v) is 9.77. The van der Waals surface area contributed by atoms with Crippen LogP contribution in [0.1, 0.15) is 19.4 Å². The van der Waals surface area contributed by atoms with Gasteiger partial charge in [0.2, 0.25) is 0 Å². The van der Waals surface area contributed by atoms with E-state index in [4.69, 9.17) is 0 Å². The van der Waals surface area contributed by atoms with Gasteiger partial charge in [0.25, 0.3) is 0 Å². The second-order valence-electron chi connectivity index (χ2n) is 7.03. The van der Waals surface area contributed by atoms with Crippen LogP contribution in [0.4, 0.5) is 0 Å². The summed E-state index contributed by atoms with van der Waals surface area (Å²) in [6.07, 6.45) is 3.79. The van der Waals surface area contributed by atoms with Crippen molar-refractivity contribution in [2.24, 2.45) is 4.99 Å². The summed E-state index contributed by atoms with van der Waals surface area (Å²) in [6.45, 7) is 4.99. The summed E-state index contributed by atoms with van der Waals surface area (Å²) < 4.78 is 25.4. The molecular weight excluding hydrogens is 350 g/mol. The van der Waals surface area contributed by atoms with Crippen molar-refractivity contribution in [2.45, 2.75) is 25.1 Å². The minimum absolute atomic E-state index is 0.145. The molecule has 0 unspecified atom stereocenters. The van der Waals surface area contributed by atoms with Gasteiger partial charge in [0.1, 0.15) is 0 Å². The van der Waals surface area contributed by atoms with E-state index >= 15 is 0 Å². The summed E-state index contributed by atoms with van der Waals surface area (Å²) in [5.41, 5.74) is 2.03. The topological polar surface area (TPSA) is 79.6 Å². The molecule has 1 aromatic heterocycles. The van der Waals surface area contributed by atoms with Crippen LogP contribution in [-0.2, 0) is 16.4 Å². The van der Waals surface area contributed by atoms with Gasteiger partial charge in [-0.25, -0.2) is 13.1 Å². The molecule has 0 saturated carbocycles. The smallest absolute Gasteiger partial charge is 0.193 e. The average Bonchev–Trinajstić information content (AvgIpc) is 3.08. The molecule has 26 heavy (non-hydrogen) atoms. The molecule has 0 atom stereocenters. The number of nitrogens with one attached hydrogen (secondary N) is 1. The molecule has 2 heterocycles. The molecule has 0 aliphatic carbocycles. The summed E-state index contributed by atoms with van der Waals surface area (Å²) in [6, 6.07) is 9.92. The second kappa shape index (κ2) is 7.11. The molecule has 1 aliphatic rings. The monoisotopic (exact) mass is 375 g/mol. The van der Waals surface area contributed by atoms with Crippen LogP contribution in [-0.4, -0.2) is 59.7 Å². The highest BCUT2D eigenvalue weighted by Crippen LogP contribution is 2.23. The van der Waals surface area contributed by atoms with E-state index in [0.29, 0.717) is 25.6 Å². The molecule has 7 nitrogen and oxygen atoms in total. The Labute approximate surface area is 154 Å². The van der Waals surface area contributed by atoms with Crippen molar-refractivity contribution < 1.29 is 8.42 Å². The van der Waals surface area contributed by atoms with Crippen LogP contribution >= 0.6 is 0 Å². The Bertz CT molecular complexity index is 887. The Morgan fingerprint density at radius 1 is 1.31 bits per heavy atom. The van der Waals surface area contributed by atoms with Crippen LogP contribution in [0.15, 0.2) is 47.7 Å². The van der Waals surface area contributed by atoms with Crippen LogP contribution in [0.5, 0.6) is 0 Å². The average molecular weight is 375 g/mol. The maximum absolute atomic E-state index is 12.2. The molecule has 0 spiro atoms. The van der Waals surface area contributed by atoms with E-state index in [2.05, 4.69) is 15.4 Å². The lowest BCUT2D eigenvalue weighted by atomic mass is 10.2. The fourth-order valence-electron chi connectivity index (χ4n) is 3.01. The molecule has 140 valence electrons. The lowest BCUT2D eigenvalue weighted by Gasteiger charge is -2.39. The maximum atomic E-state index is 12.2. The van der Waals surface area contributed by atoms with Gasteiger partial charge in [-0.15, -0.1) is 0 Å². The predicted molar refractivity (Wildman–Crippen MR) is 103 cm³/mol. The van der Waals surface area contributed by atoms with Gasteiger partial charge in [-0.2, -0.15) is 5.10 Å². The van der Waals surface area contributed by atoms with Gasteiger partial charge in [-0.3, -0.25) is 4.99 Å². The number of sulfone groups is 1. The Morgan fingerprint density at radius 2 is 2.04 bits per heavy atom. The molecule has 0 amide bonds. The Balaban J connectivity index is 1.65. The SMILES string of the molecule is CN=C(NCc1cnn(-c2ccccc2)c1)N1CCS(=O)(=O)C(C)(C)C1. The van der Waals surface area contributed by atoms with Crippen LogP contribution in [0.25, 0.3) is 5.69 Å². The fourth-order valence-corrected chi connectivity index (χ4v) is 4.38. The minimum atomic E-state index is -3.07. The van der Waals surface area contributed by atoms with Crippen molar-refractivity contribution in [2.75, 3.05) is 25.9 Å². The number of benzene rings is 1. The molecule has 1 aromatic carbocycles. The number of hydrogen-bond acceptors (Lipinski definition) is 4. The highest BCUT2D eigenvalue weighted by Gasteiger charge is 2.40. The highest BCUT2D eigenvalue weighted by molar-refractivity contribution is 7.92. The van der Waals surface area contributed by atoms with E-state index in [-0.39, 0.29) is 5.75 Å². The summed E-state index contributed by atoms with van der Waals surface area (Å²) in [5.74, 6) is 0.854. The molecule has 1 fully saturated rings. The van der Waals surface area contributed by atoms with Crippen LogP contribution in [0.2, 0.25) is 0 Å².